The zero-order chi connectivity index (χ0) is 10.7. The highest BCUT2D eigenvalue weighted by Crippen LogP contribution is 2.18. The van der Waals surface area contributed by atoms with Gasteiger partial charge in [-0.25, -0.2) is 4.98 Å². The van der Waals surface area contributed by atoms with E-state index in [0.717, 1.165) is 37.5 Å². The van der Waals surface area contributed by atoms with Crippen molar-refractivity contribution in [2.24, 2.45) is 5.73 Å². The summed E-state index contributed by atoms with van der Waals surface area (Å²) in [4.78, 5) is 6.52. The van der Waals surface area contributed by atoms with Gasteiger partial charge in [0.2, 0.25) is 5.88 Å². The van der Waals surface area contributed by atoms with E-state index in [4.69, 9.17) is 10.5 Å². The minimum absolute atomic E-state index is 0.327. The molecule has 0 aliphatic carbocycles. The van der Waals surface area contributed by atoms with Crippen LogP contribution < -0.4 is 10.5 Å². The Balaban J connectivity index is 2.04. The molecule has 1 aromatic rings. The number of hydrogen-bond acceptors (Lipinski definition) is 4. The van der Waals surface area contributed by atoms with Gasteiger partial charge in [0.05, 0.1) is 7.11 Å². The number of hydrogen-bond donors (Lipinski definition) is 1. The Bertz CT molecular complexity index is 329. The lowest BCUT2D eigenvalue weighted by atomic mass is 10.2. The maximum atomic E-state index is 5.86. The molecule has 0 bridgehead atoms. The van der Waals surface area contributed by atoms with Crippen LogP contribution in [0, 0.1) is 0 Å². The largest absolute Gasteiger partial charge is 0.481 e. The van der Waals surface area contributed by atoms with Crippen LogP contribution in [0.4, 0.5) is 0 Å². The van der Waals surface area contributed by atoms with Gasteiger partial charge in [-0.3, -0.25) is 4.90 Å². The number of pyridine rings is 1. The molecule has 0 unspecified atom stereocenters. The van der Waals surface area contributed by atoms with Crippen LogP contribution >= 0.6 is 0 Å². The van der Waals surface area contributed by atoms with Gasteiger partial charge in [0.25, 0.3) is 0 Å². The van der Waals surface area contributed by atoms with E-state index in [1.54, 1.807) is 13.3 Å². The molecular formula is C11H17N3O. The second-order valence-corrected chi connectivity index (χ2v) is 3.96. The summed E-state index contributed by atoms with van der Waals surface area (Å²) in [7, 11) is 1.65. The first-order valence-corrected chi connectivity index (χ1v) is 5.25. The fraction of sp³-hybridized carbons (Fsp3) is 0.545. The van der Waals surface area contributed by atoms with Crippen LogP contribution in [-0.2, 0) is 6.54 Å². The first-order valence-electron chi connectivity index (χ1n) is 5.25. The minimum Gasteiger partial charge on any atom is -0.481 e. The lowest BCUT2D eigenvalue weighted by Gasteiger charge is -2.16. The molecule has 1 aliphatic rings. The molecule has 1 fully saturated rings. The Hall–Kier alpha value is -1.13. The van der Waals surface area contributed by atoms with Crippen LogP contribution in [0.5, 0.6) is 5.88 Å². The third-order valence-electron chi connectivity index (χ3n) is 2.75. The Morgan fingerprint density at radius 2 is 2.53 bits per heavy atom. The normalized spacial score (nSPS) is 21.9. The molecule has 4 heteroatoms. The predicted molar refractivity (Wildman–Crippen MR) is 58.7 cm³/mol. The number of methoxy groups -OCH3 is 1. The molecule has 2 heterocycles. The van der Waals surface area contributed by atoms with E-state index in [1.165, 1.54) is 0 Å². The van der Waals surface area contributed by atoms with Crippen LogP contribution in [0.15, 0.2) is 18.3 Å². The van der Waals surface area contributed by atoms with Crippen molar-refractivity contribution < 1.29 is 4.74 Å². The Labute approximate surface area is 90.0 Å². The van der Waals surface area contributed by atoms with E-state index in [1.807, 2.05) is 6.07 Å². The van der Waals surface area contributed by atoms with E-state index >= 15 is 0 Å². The zero-order valence-corrected chi connectivity index (χ0v) is 9.02. The van der Waals surface area contributed by atoms with Crippen LogP contribution in [0.25, 0.3) is 0 Å². The van der Waals surface area contributed by atoms with Gasteiger partial charge in [0.1, 0.15) is 0 Å². The van der Waals surface area contributed by atoms with E-state index < -0.39 is 0 Å². The predicted octanol–water partition coefficient (Wildman–Crippen LogP) is 0.623. The van der Waals surface area contributed by atoms with E-state index in [9.17, 15) is 0 Å². The SMILES string of the molecule is COc1ncccc1CN1CC[C@@H](N)C1. The summed E-state index contributed by atoms with van der Waals surface area (Å²) in [6.45, 7) is 2.92. The van der Waals surface area contributed by atoms with Crippen molar-refractivity contribution >= 4 is 0 Å². The molecule has 0 spiro atoms. The number of ether oxygens (including phenoxy) is 1. The molecule has 15 heavy (non-hydrogen) atoms. The van der Waals surface area contributed by atoms with Crippen molar-refractivity contribution in [1.29, 1.82) is 0 Å². The molecule has 2 N–H and O–H groups in total. The second kappa shape index (κ2) is 4.59. The number of aromatic nitrogens is 1. The fourth-order valence-corrected chi connectivity index (χ4v) is 1.98. The van der Waals surface area contributed by atoms with Crippen LogP contribution in [0.2, 0.25) is 0 Å². The first-order chi connectivity index (χ1) is 7.29. The molecule has 0 aromatic carbocycles. The average Bonchev–Trinajstić information content (AvgIpc) is 2.65. The average molecular weight is 207 g/mol. The number of nitrogens with two attached hydrogens (primary N) is 1. The van der Waals surface area contributed by atoms with Gasteiger partial charge in [-0.05, 0) is 12.5 Å². The van der Waals surface area contributed by atoms with E-state index in [-0.39, 0.29) is 0 Å². The Morgan fingerprint density at radius 1 is 1.67 bits per heavy atom. The van der Waals surface area contributed by atoms with Gasteiger partial charge >= 0.3 is 0 Å². The molecule has 4 nitrogen and oxygen atoms in total. The van der Waals surface area contributed by atoms with Crippen molar-refractivity contribution in [2.75, 3.05) is 20.2 Å². The summed E-state index contributed by atoms with van der Waals surface area (Å²) < 4.78 is 5.21. The zero-order valence-electron chi connectivity index (χ0n) is 9.02. The van der Waals surface area contributed by atoms with E-state index in [2.05, 4.69) is 16.0 Å². The fourth-order valence-electron chi connectivity index (χ4n) is 1.98. The van der Waals surface area contributed by atoms with Gasteiger partial charge in [0.15, 0.2) is 0 Å². The first kappa shape index (κ1) is 10.4. The van der Waals surface area contributed by atoms with Crippen molar-refractivity contribution in [3.05, 3.63) is 23.9 Å². The quantitative estimate of drug-likeness (QED) is 0.789. The second-order valence-electron chi connectivity index (χ2n) is 3.96. The molecular weight excluding hydrogens is 190 g/mol. The molecule has 1 aliphatic heterocycles. The van der Waals surface area contributed by atoms with Gasteiger partial charge in [-0.1, -0.05) is 6.07 Å². The van der Waals surface area contributed by atoms with Gasteiger partial charge < -0.3 is 10.5 Å². The Kier molecular flexibility index (Phi) is 3.18. The lowest BCUT2D eigenvalue weighted by Crippen LogP contribution is -2.26. The van der Waals surface area contributed by atoms with Crippen molar-refractivity contribution in [2.45, 2.75) is 19.0 Å². The van der Waals surface area contributed by atoms with Gasteiger partial charge in [0, 0.05) is 37.4 Å². The van der Waals surface area contributed by atoms with Gasteiger partial charge in [-0.15, -0.1) is 0 Å². The summed E-state index contributed by atoms with van der Waals surface area (Å²) in [6.07, 6.45) is 2.83. The molecule has 0 saturated carbocycles. The molecule has 1 aromatic heterocycles. The van der Waals surface area contributed by atoms with Crippen LogP contribution in [0.3, 0.4) is 0 Å². The highest BCUT2D eigenvalue weighted by atomic mass is 16.5. The van der Waals surface area contributed by atoms with Crippen molar-refractivity contribution in [3.63, 3.8) is 0 Å². The van der Waals surface area contributed by atoms with Crippen LogP contribution in [-0.4, -0.2) is 36.1 Å². The summed E-state index contributed by atoms with van der Waals surface area (Å²) in [5.41, 5.74) is 6.99. The van der Waals surface area contributed by atoms with Crippen molar-refractivity contribution in [3.8, 4) is 5.88 Å². The third kappa shape index (κ3) is 2.46. The molecule has 0 radical (unpaired) electrons. The van der Waals surface area contributed by atoms with E-state index in [0.29, 0.717) is 6.04 Å². The van der Waals surface area contributed by atoms with Crippen molar-refractivity contribution in [1.82, 2.24) is 9.88 Å². The molecule has 82 valence electrons. The number of likely N-dealkylation sites (tertiary alicyclic amines) is 1. The topological polar surface area (TPSA) is 51.4 Å². The summed E-state index contributed by atoms with van der Waals surface area (Å²) in [6, 6.07) is 4.32. The molecule has 2 rings (SSSR count). The summed E-state index contributed by atoms with van der Waals surface area (Å²) >= 11 is 0. The standard InChI is InChI=1S/C11H17N3O/c1-15-11-9(3-2-5-13-11)7-14-6-4-10(12)8-14/h2-3,5,10H,4,6-8,12H2,1H3/t10-/m1/s1. The highest BCUT2D eigenvalue weighted by molar-refractivity contribution is 5.25. The molecule has 1 atom stereocenters. The molecule has 1 saturated heterocycles. The Morgan fingerprint density at radius 3 is 3.20 bits per heavy atom. The third-order valence-corrected chi connectivity index (χ3v) is 2.75. The number of nitrogens with zero attached hydrogens (tertiary/aromatic N) is 2. The maximum Gasteiger partial charge on any atom is 0.217 e. The highest BCUT2D eigenvalue weighted by Gasteiger charge is 2.20. The van der Waals surface area contributed by atoms with Gasteiger partial charge in [-0.2, -0.15) is 0 Å². The number of rotatable bonds is 3. The lowest BCUT2D eigenvalue weighted by molar-refractivity contribution is 0.314. The summed E-state index contributed by atoms with van der Waals surface area (Å²) in [5.74, 6) is 0.720. The van der Waals surface area contributed by atoms with Crippen LogP contribution in [0.1, 0.15) is 12.0 Å². The molecule has 0 amide bonds. The maximum absolute atomic E-state index is 5.86. The monoisotopic (exact) mass is 207 g/mol. The minimum atomic E-state index is 0.327. The summed E-state index contributed by atoms with van der Waals surface area (Å²) in [5, 5.41) is 0. The smallest absolute Gasteiger partial charge is 0.217 e.